The van der Waals surface area contributed by atoms with E-state index in [-0.39, 0.29) is 5.82 Å². The van der Waals surface area contributed by atoms with Gasteiger partial charge in [0.15, 0.2) is 0 Å². The normalized spacial score (nSPS) is 10.7. The number of rotatable bonds is 3. The summed E-state index contributed by atoms with van der Waals surface area (Å²) < 4.78 is 12.6. The Morgan fingerprint density at radius 1 is 1.50 bits per heavy atom. The summed E-state index contributed by atoms with van der Waals surface area (Å²) in [5.74, 6) is 5.23. The van der Waals surface area contributed by atoms with Crippen LogP contribution >= 0.6 is 0 Å². The van der Waals surface area contributed by atoms with Crippen LogP contribution in [0.5, 0.6) is 0 Å². The third kappa shape index (κ3) is 2.98. The molecule has 0 saturated carbocycles. The fourth-order valence-electron chi connectivity index (χ4n) is 0.998. The maximum atomic E-state index is 12.6. The summed E-state index contributed by atoms with van der Waals surface area (Å²) in [7, 11) is 1.79. The zero-order valence-corrected chi connectivity index (χ0v) is 7.13. The van der Waals surface area contributed by atoms with Crippen molar-refractivity contribution < 1.29 is 4.39 Å². The highest BCUT2D eigenvalue weighted by Gasteiger charge is 1.95. The second kappa shape index (κ2) is 4.18. The molecule has 0 saturated heterocycles. The Labute approximate surface area is 71.8 Å². The summed E-state index contributed by atoms with van der Waals surface area (Å²) in [6.45, 7) is 0.740. The van der Waals surface area contributed by atoms with Gasteiger partial charge in [0.1, 0.15) is 5.82 Å². The molecule has 0 amide bonds. The molecule has 1 rings (SSSR count). The van der Waals surface area contributed by atoms with Gasteiger partial charge >= 0.3 is 0 Å². The number of hydrazine groups is 1. The highest BCUT2D eigenvalue weighted by molar-refractivity contribution is 5.16. The molecule has 0 aromatic heterocycles. The molecule has 0 unspecified atom stereocenters. The van der Waals surface area contributed by atoms with Crippen molar-refractivity contribution in [2.24, 2.45) is 5.84 Å². The number of hydrogen-bond donors (Lipinski definition) is 1. The topological polar surface area (TPSA) is 29.3 Å². The number of nitrogens with zero attached hydrogens (tertiary/aromatic N) is 1. The molecule has 0 spiro atoms. The fourth-order valence-corrected chi connectivity index (χ4v) is 0.998. The number of benzene rings is 1. The fraction of sp³-hybridized carbons (Fsp3) is 0.333. The third-order valence-electron chi connectivity index (χ3n) is 1.64. The zero-order chi connectivity index (χ0) is 8.97. The lowest BCUT2D eigenvalue weighted by molar-refractivity contribution is 0.353. The van der Waals surface area contributed by atoms with Crippen LogP contribution in [-0.4, -0.2) is 18.6 Å². The summed E-state index contributed by atoms with van der Waals surface area (Å²) in [5, 5.41) is 1.59. The summed E-state index contributed by atoms with van der Waals surface area (Å²) in [5.41, 5.74) is 0.979. The van der Waals surface area contributed by atoms with Crippen molar-refractivity contribution in [3.05, 3.63) is 35.6 Å². The van der Waals surface area contributed by atoms with Gasteiger partial charge in [-0.3, -0.25) is 5.84 Å². The molecule has 1 aromatic rings. The molecular weight excluding hydrogens is 155 g/mol. The molecule has 1 aromatic carbocycles. The van der Waals surface area contributed by atoms with Gasteiger partial charge in [-0.25, -0.2) is 9.40 Å². The van der Waals surface area contributed by atoms with E-state index < -0.39 is 0 Å². The van der Waals surface area contributed by atoms with Gasteiger partial charge < -0.3 is 0 Å². The van der Waals surface area contributed by atoms with Crippen LogP contribution in [0, 0.1) is 5.82 Å². The number of likely N-dealkylation sites (N-methyl/N-ethyl adjacent to an activating group) is 1. The lowest BCUT2D eigenvalue weighted by atomic mass is 10.1. The summed E-state index contributed by atoms with van der Waals surface area (Å²) in [6.07, 6.45) is 0.782. The molecule has 2 N–H and O–H groups in total. The van der Waals surface area contributed by atoms with Crippen LogP contribution in [-0.2, 0) is 6.42 Å². The van der Waals surface area contributed by atoms with Crippen molar-refractivity contribution in [1.29, 1.82) is 0 Å². The van der Waals surface area contributed by atoms with Crippen LogP contribution in [0.25, 0.3) is 0 Å². The quantitative estimate of drug-likeness (QED) is 0.542. The second-order valence-electron chi connectivity index (χ2n) is 2.86. The monoisotopic (exact) mass is 168 g/mol. The molecule has 0 aliphatic carbocycles. The van der Waals surface area contributed by atoms with Crippen LogP contribution in [0.4, 0.5) is 4.39 Å². The minimum absolute atomic E-state index is 0.188. The summed E-state index contributed by atoms with van der Waals surface area (Å²) >= 11 is 0. The van der Waals surface area contributed by atoms with Crippen LogP contribution in [0.3, 0.4) is 0 Å². The smallest absolute Gasteiger partial charge is 0.123 e. The first-order valence-electron chi connectivity index (χ1n) is 3.89. The largest absolute Gasteiger partial charge is 0.269 e. The minimum Gasteiger partial charge on any atom is -0.269 e. The number of halogens is 1. The van der Waals surface area contributed by atoms with Crippen molar-refractivity contribution in [1.82, 2.24) is 5.01 Å². The van der Waals surface area contributed by atoms with Gasteiger partial charge in [-0.1, -0.05) is 12.1 Å². The van der Waals surface area contributed by atoms with Gasteiger partial charge in [-0.2, -0.15) is 0 Å². The van der Waals surface area contributed by atoms with E-state index in [0.29, 0.717) is 0 Å². The van der Waals surface area contributed by atoms with E-state index in [1.54, 1.807) is 18.1 Å². The van der Waals surface area contributed by atoms with E-state index in [1.807, 2.05) is 6.07 Å². The Bertz CT molecular complexity index is 248. The van der Waals surface area contributed by atoms with Gasteiger partial charge in [0.2, 0.25) is 0 Å². The van der Waals surface area contributed by atoms with E-state index >= 15 is 0 Å². The van der Waals surface area contributed by atoms with Crippen LogP contribution < -0.4 is 5.84 Å². The predicted octanol–water partition coefficient (Wildman–Crippen LogP) is 1.17. The highest BCUT2D eigenvalue weighted by atomic mass is 19.1. The minimum atomic E-state index is -0.188. The molecule has 3 heteroatoms. The molecule has 0 aliphatic heterocycles. The number of nitrogens with two attached hydrogens (primary N) is 1. The average molecular weight is 168 g/mol. The first-order valence-corrected chi connectivity index (χ1v) is 3.89. The van der Waals surface area contributed by atoms with Crippen molar-refractivity contribution in [3.63, 3.8) is 0 Å². The van der Waals surface area contributed by atoms with E-state index in [2.05, 4.69) is 0 Å². The summed E-state index contributed by atoms with van der Waals surface area (Å²) in [6, 6.07) is 6.58. The molecule has 0 aliphatic rings. The third-order valence-corrected chi connectivity index (χ3v) is 1.64. The van der Waals surface area contributed by atoms with E-state index in [1.165, 1.54) is 12.1 Å². The Morgan fingerprint density at radius 2 is 2.25 bits per heavy atom. The molecule has 12 heavy (non-hydrogen) atoms. The van der Waals surface area contributed by atoms with Crippen molar-refractivity contribution in [3.8, 4) is 0 Å². The van der Waals surface area contributed by atoms with Crippen LogP contribution in [0.2, 0.25) is 0 Å². The maximum absolute atomic E-state index is 12.6. The zero-order valence-electron chi connectivity index (χ0n) is 7.13. The van der Waals surface area contributed by atoms with Gasteiger partial charge in [-0.05, 0) is 24.1 Å². The van der Waals surface area contributed by atoms with Gasteiger partial charge in [0.05, 0.1) is 0 Å². The Balaban J connectivity index is 2.52. The van der Waals surface area contributed by atoms with E-state index in [0.717, 1.165) is 18.5 Å². The molecule has 2 nitrogen and oxygen atoms in total. The molecule has 0 heterocycles. The first kappa shape index (κ1) is 9.16. The van der Waals surface area contributed by atoms with Crippen molar-refractivity contribution >= 4 is 0 Å². The lowest BCUT2D eigenvalue weighted by Crippen LogP contribution is -2.28. The van der Waals surface area contributed by atoms with Crippen LogP contribution in [0.1, 0.15) is 5.56 Å². The van der Waals surface area contributed by atoms with Crippen molar-refractivity contribution in [2.45, 2.75) is 6.42 Å². The summed E-state index contributed by atoms with van der Waals surface area (Å²) in [4.78, 5) is 0. The van der Waals surface area contributed by atoms with Gasteiger partial charge in [0, 0.05) is 13.6 Å². The van der Waals surface area contributed by atoms with Crippen molar-refractivity contribution in [2.75, 3.05) is 13.6 Å². The molecule has 0 bridgehead atoms. The molecule has 0 radical (unpaired) electrons. The Hall–Kier alpha value is -0.930. The molecular formula is C9H13FN2. The Morgan fingerprint density at radius 3 is 2.83 bits per heavy atom. The SMILES string of the molecule is CN(N)CCc1cccc(F)c1. The standard InChI is InChI=1S/C9H13FN2/c1-12(11)6-5-8-3-2-4-9(10)7-8/h2-4,7H,5-6,11H2,1H3. The van der Waals surface area contributed by atoms with Crippen LogP contribution in [0.15, 0.2) is 24.3 Å². The maximum Gasteiger partial charge on any atom is 0.123 e. The highest BCUT2D eigenvalue weighted by Crippen LogP contribution is 2.03. The molecule has 0 atom stereocenters. The molecule has 0 fully saturated rings. The lowest BCUT2D eigenvalue weighted by Gasteiger charge is -2.08. The van der Waals surface area contributed by atoms with Gasteiger partial charge in [-0.15, -0.1) is 0 Å². The van der Waals surface area contributed by atoms with Gasteiger partial charge in [0.25, 0.3) is 0 Å². The second-order valence-corrected chi connectivity index (χ2v) is 2.86. The van der Waals surface area contributed by atoms with E-state index in [9.17, 15) is 4.39 Å². The number of hydrogen-bond acceptors (Lipinski definition) is 2. The first-order chi connectivity index (χ1) is 5.68. The van der Waals surface area contributed by atoms with E-state index in [4.69, 9.17) is 5.84 Å². The predicted molar refractivity (Wildman–Crippen MR) is 46.9 cm³/mol. The molecule has 66 valence electrons. The average Bonchev–Trinajstić information content (AvgIpc) is 2.01. The Kier molecular flexibility index (Phi) is 3.19.